The van der Waals surface area contributed by atoms with Gasteiger partial charge in [-0.1, -0.05) is 0 Å². The minimum Gasteiger partial charge on any atom is -0.345 e. The van der Waals surface area contributed by atoms with Gasteiger partial charge in [-0.3, -0.25) is 0 Å². The summed E-state index contributed by atoms with van der Waals surface area (Å²) in [5.41, 5.74) is -0.699. The van der Waals surface area contributed by atoms with Gasteiger partial charge in [-0.15, -0.1) is 0 Å². The highest BCUT2D eigenvalue weighted by molar-refractivity contribution is 5.74. The second-order valence-corrected chi connectivity index (χ2v) is 5.00. The number of aromatic nitrogens is 3. The van der Waals surface area contributed by atoms with E-state index >= 15 is 0 Å². The first-order valence-corrected chi connectivity index (χ1v) is 6.64. The molecule has 0 amide bonds. The highest BCUT2D eigenvalue weighted by atomic mass is 19.4. The van der Waals surface area contributed by atoms with Crippen LogP contribution in [0.25, 0.3) is 5.52 Å². The molecule has 0 saturated carbocycles. The molecule has 0 aromatic carbocycles. The summed E-state index contributed by atoms with van der Waals surface area (Å²) in [4.78, 5) is 17.1. The van der Waals surface area contributed by atoms with Crippen molar-refractivity contribution in [1.29, 1.82) is 0 Å². The van der Waals surface area contributed by atoms with E-state index in [0.717, 1.165) is 29.7 Å². The molecule has 2 aromatic heterocycles. The largest absolute Gasteiger partial charge is 0.435 e. The van der Waals surface area contributed by atoms with Crippen molar-refractivity contribution < 1.29 is 18.0 Å². The van der Waals surface area contributed by atoms with Gasteiger partial charge in [-0.2, -0.15) is 18.3 Å². The third-order valence-electron chi connectivity index (χ3n) is 3.64. The van der Waals surface area contributed by atoms with E-state index in [1.165, 1.54) is 12.4 Å². The molecule has 0 bridgehead atoms. The monoisotopic (exact) mass is 298 g/mol. The number of carbonyl (C=O) groups is 1. The highest BCUT2D eigenvalue weighted by Gasteiger charge is 2.35. The molecule has 2 aromatic rings. The number of halogens is 3. The van der Waals surface area contributed by atoms with Crippen LogP contribution in [-0.4, -0.2) is 33.5 Å². The molecule has 0 radical (unpaired) electrons. The molecule has 3 rings (SSSR count). The molecule has 1 aliphatic rings. The van der Waals surface area contributed by atoms with Gasteiger partial charge in [0, 0.05) is 25.0 Å². The number of carbonyl (C=O) groups excluding carboxylic acids is 1. The molecule has 1 fully saturated rings. The average Bonchev–Trinajstić information content (AvgIpc) is 2.91. The van der Waals surface area contributed by atoms with Crippen LogP contribution in [0, 0.1) is 0 Å². The van der Waals surface area contributed by atoms with Crippen LogP contribution >= 0.6 is 0 Å². The Morgan fingerprint density at radius 2 is 2.14 bits per heavy atom. The van der Waals surface area contributed by atoms with Gasteiger partial charge in [-0.05, 0) is 19.3 Å². The lowest BCUT2D eigenvalue weighted by molar-refractivity contribution is -0.141. The summed E-state index contributed by atoms with van der Waals surface area (Å²) in [7, 11) is 0. The fourth-order valence-corrected chi connectivity index (χ4v) is 2.63. The zero-order valence-corrected chi connectivity index (χ0v) is 11.0. The van der Waals surface area contributed by atoms with Crippen molar-refractivity contribution in [3.63, 3.8) is 0 Å². The van der Waals surface area contributed by atoms with Crippen molar-refractivity contribution in [2.45, 2.75) is 31.5 Å². The van der Waals surface area contributed by atoms with Gasteiger partial charge in [0.25, 0.3) is 0 Å². The first kappa shape index (κ1) is 13.8. The maximum atomic E-state index is 12.8. The minimum atomic E-state index is -4.50. The maximum absolute atomic E-state index is 12.8. The molecule has 3 heterocycles. The van der Waals surface area contributed by atoms with E-state index in [1.807, 2.05) is 0 Å². The van der Waals surface area contributed by atoms with Crippen molar-refractivity contribution in [2.24, 2.45) is 0 Å². The zero-order chi connectivity index (χ0) is 15.0. The zero-order valence-electron chi connectivity index (χ0n) is 11.0. The number of rotatable bonds is 2. The van der Waals surface area contributed by atoms with E-state index in [2.05, 4.69) is 10.1 Å². The summed E-state index contributed by atoms with van der Waals surface area (Å²) in [6.07, 6.45) is 1.58. The smallest absolute Gasteiger partial charge is 0.345 e. The lowest BCUT2D eigenvalue weighted by Gasteiger charge is -2.33. The minimum absolute atomic E-state index is 0.263. The lowest BCUT2D eigenvalue weighted by atomic mass is 10.0. The van der Waals surface area contributed by atoms with E-state index in [0.29, 0.717) is 18.8 Å². The molecule has 5 nitrogen and oxygen atoms in total. The Bertz CT molecular complexity index is 667. The van der Waals surface area contributed by atoms with E-state index in [1.54, 1.807) is 4.90 Å². The molecule has 8 heteroatoms. The van der Waals surface area contributed by atoms with Gasteiger partial charge in [-0.25, -0.2) is 9.50 Å². The quantitative estimate of drug-likeness (QED) is 0.798. The summed E-state index contributed by atoms with van der Waals surface area (Å²) in [5.74, 6) is 0.373. The number of aldehydes is 1. The summed E-state index contributed by atoms with van der Waals surface area (Å²) >= 11 is 0. The maximum Gasteiger partial charge on any atom is 0.435 e. The molecule has 1 aliphatic heterocycles. The van der Waals surface area contributed by atoms with Crippen LogP contribution in [-0.2, 0) is 11.0 Å². The lowest BCUT2D eigenvalue weighted by Crippen LogP contribution is -2.41. The number of nitrogens with zero attached hydrogens (tertiary/aromatic N) is 4. The van der Waals surface area contributed by atoms with Crippen LogP contribution in [0.4, 0.5) is 19.0 Å². The fraction of sp³-hybridized carbons (Fsp3) is 0.462. The van der Waals surface area contributed by atoms with Crippen LogP contribution in [0.3, 0.4) is 0 Å². The molecular formula is C13H13F3N4O. The Kier molecular flexibility index (Phi) is 3.30. The summed E-state index contributed by atoms with van der Waals surface area (Å²) in [5, 5.41) is 3.53. The van der Waals surface area contributed by atoms with Gasteiger partial charge < -0.3 is 9.69 Å². The van der Waals surface area contributed by atoms with E-state index in [-0.39, 0.29) is 11.6 Å². The highest BCUT2D eigenvalue weighted by Crippen LogP contribution is 2.32. The standard InChI is InChI=1S/C13H13F3N4O/c14-13(15,16)11-7-10-12(17-4-6-20(10)18-11)19-5-2-1-3-9(19)8-21/h4,6-9H,1-3,5H2. The first-order chi connectivity index (χ1) is 10.0. The number of hydrogen-bond acceptors (Lipinski definition) is 4. The summed E-state index contributed by atoms with van der Waals surface area (Å²) in [6.45, 7) is 0.600. The molecule has 0 aliphatic carbocycles. The van der Waals surface area contributed by atoms with Gasteiger partial charge in [0.15, 0.2) is 11.5 Å². The Labute approximate surface area is 118 Å². The fourth-order valence-electron chi connectivity index (χ4n) is 2.63. The van der Waals surface area contributed by atoms with Crippen LogP contribution < -0.4 is 4.90 Å². The van der Waals surface area contributed by atoms with Crippen molar-refractivity contribution >= 4 is 17.6 Å². The second-order valence-electron chi connectivity index (χ2n) is 5.00. The predicted molar refractivity (Wildman–Crippen MR) is 69.0 cm³/mol. The number of hydrogen-bond donors (Lipinski definition) is 0. The SMILES string of the molecule is O=CC1CCCCN1c1nccn2nc(C(F)(F)F)cc12. The van der Waals surface area contributed by atoms with E-state index < -0.39 is 11.9 Å². The Balaban J connectivity index is 2.09. The molecular weight excluding hydrogens is 285 g/mol. The molecule has 1 saturated heterocycles. The Hall–Kier alpha value is -2.12. The van der Waals surface area contributed by atoms with Crippen LogP contribution in [0.1, 0.15) is 25.0 Å². The first-order valence-electron chi connectivity index (χ1n) is 6.64. The molecule has 21 heavy (non-hydrogen) atoms. The average molecular weight is 298 g/mol. The predicted octanol–water partition coefficient (Wildman–Crippen LogP) is 2.31. The van der Waals surface area contributed by atoms with Gasteiger partial charge in [0.2, 0.25) is 0 Å². The molecule has 0 spiro atoms. The van der Waals surface area contributed by atoms with E-state index in [4.69, 9.17) is 0 Å². The van der Waals surface area contributed by atoms with Crippen LogP contribution in [0.15, 0.2) is 18.5 Å². The number of fused-ring (bicyclic) bond motifs is 1. The summed E-state index contributed by atoms with van der Waals surface area (Å²) < 4.78 is 39.5. The summed E-state index contributed by atoms with van der Waals surface area (Å²) in [6, 6.07) is 0.625. The van der Waals surface area contributed by atoms with Gasteiger partial charge >= 0.3 is 6.18 Å². The molecule has 112 valence electrons. The van der Waals surface area contributed by atoms with Crippen LogP contribution in [0.2, 0.25) is 0 Å². The van der Waals surface area contributed by atoms with Gasteiger partial charge in [0.05, 0.1) is 6.04 Å². The van der Waals surface area contributed by atoms with Crippen molar-refractivity contribution in [3.05, 3.63) is 24.2 Å². The van der Waals surface area contributed by atoms with E-state index in [9.17, 15) is 18.0 Å². The molecule has 1 atom stereocenters. The van der Waals surface area contributed by atoms with Crippen molar-refractivity contribution in [1.82, 2.24) is 14.6 Å². The van der Waals surface area contributed by atoms with Crippen molar-refractivity contribution in [2.75, 3.05) is 11.4 Å². The number of alkyl halides is 3. The third-order valence-corrected chi connectivity index (χ3v) is 3.64. The van der Waals surface area contributed by atoms with Crippen molar-refractivity contribution in [3.8, 4) is 0 Å². The Morgan fingerprint density at radius 1 is 1.33 bits per heavy atom. The normalized spacial score (nSPS) is 20.0. The Morgan fingerprint density at radius 3 is 2.86 bits per heavy atom. The van der Waals surface area contributed by atoms with Crippen LogP contribution in [0.5, 0.6) is 0 Å². The molecule has 0 N–H and O–H groups in total. The van der Waals surface area contributed by atoms with Gasteiger partial charge in [0.1, 0.15) is 11.8 Å². The number of anilines is 1. The topological polar surface area (TPSA) is 50.5 Å². The molecule has 1 unspecified atom stereocenters. The third kappa shape index (κ3) is 2.45. The second kappa shape index (κ2) is 5.01. The number of piperidine rings is 1.